The van der Waals surface area contributed by atoms with Crippen molar-refractivity contribution in [3.05, 3.63) is 33.8 Å². The van der Waals surface area contributed by atoms with E-state index < -0.39 is 6.09 Å². The van der Waals surface area contributed by atoms with Gasteiger partial charge in [0.05, 0.1) is 0 Å². The van der Waals surface area contributed by atoms with Gasteiger partial charge in [-0.1, -0.05) is 22.0 Å². The van der Waals surface area contributed by atoms with Crippen LogP contribution in [0.15, 0.2) is 22.7 Å². The van der Waals surface area contributed by atoms with Crippen molar-refractivity contribution in [2.24, 2.45) is 5.73 Å². The number of amides is 1. The Labute approximate surface area is 115 Å². The smallest absolute Gasteiger partial charge is 0.404 e. The lowest BCUT2D eigenvalue weighted by Crippen LogP contribution is -2.37. The lowest BCUT2D eigenvalue weighted by Gasteiger charge is -2.25. The predicted molar refractivity (Wildman–Crippen MR) is 73.5 cm³/mol. The fraction of sp³-hybridized carbons (Fsp3) is 0.462. The van der Waals surface area contributed by atoms with E-state index in [2.05, 4.69) is 44.2 Å². The molecule has 1 aliphatic carbocycles. The lowest BCUT2D eigenvalue weighted by atomic mass is 9.88. The number of fused-ring (bicyclic) bond motifs is 1. The van der Waals surface area contributed by atoms with Gasteiger partial charge in [0, 0.05) is 17.1 Å². The van der Waals surface area contributed by atoms with Crippen molar-refractivity contribution in [3.8, 4) is 0 Å². The number of nitrogens with one attached hydrogen (secondary N) is 1. The average Bonchev–Trinajstić information content (AvgIpc) is 2.34. The van der Waals surface area contributed by atoms with E-state index in [9.17, 15) is 4.79 Å². The van der Waals surface area contributed by atoms with Gasteiger partial charge < -0.3 is 15.8 Å². The lowest BCUT2D eigenvalue weighted by molar-refractivity contribution is 0.155. The molecule has 3 N–H and O–H groups in total. The molecule has 0 saturated heterocycles. The van der Waals surface area contributed by atoms with Crippen molar-refractivity contribution in [1.82, 2.24) is 5.32 Å². The molecule has 0 aromatic heterocycles. The zero-order valence-corrected chi connectivity index (χ0v) is 11.7. The highest BCUT2D eigenvalue weighted by Gasteiger charge is 2.17. The highest BCUT2D eigenvalue weighted by Crippen LogP contribution is 2.24. The number of aryl methyl sites for hydroxylation is 1. The van der Waals surface area contributed by atoms with Gasteiger partial charge in [-0.25, -0.2) is 4.79 Å². The zero-order chi connectivity index (χ0) is 13.0. The van der Waals surface area contributed by atoms with Gasteiger partial charge in [0.2, 0.25) is 0 Å². The molecule has 0 aliphatic heterocycles. The largest absolute Gasteiger partial charge is 0.448 e. The van der Waals surface area contributed by atoms with Crippen LogP contribution in [0, 0.1) is 0 Å². The molecule has 2 rings (SSSR count). The Morgan fingerprint density at radius 1 is 1.50 bits per heavy atom. The molecule has 1 unspecified atom stereocenters. The number of nitrogens with two attached hydrogens (primary N) is 1. The van der Waals surface area contributed by atoms with E-state index in [1.807, 2.05) is 0 Å². The van der Waals surface area contributed by atoms with E-state index in [-0.39, 0.29) is 0 Å². The van der Waals surface area contributed by atoms with E-state index in [0.717, 1.165) is 23.7 Å². The molecule has 18 heavy (non-hydrogen) atoms. The Balaban J connectivity index is 1.81. The number of primary amides is 1. The van der Waals surface area contributed by atoms with Crippen LogP contribution in [0.1, 0.15) is 17.5 Å². The van der Waals surface area contributed by atoms with Crippen LogP contribution >= 0.6 is 15.9 Å². The molecule has 1 atom stereocenters. The average molecular weight is 313 g/mol. The molecular formula is C13H17BrN2O2. The van der Waals surface area contributed by atoms with Crippen LogP contribution in [-0.2, 0) is 17.6 Å². The maximum Gasteiger partial charge on any atom is 0.404 e. The molecule has 1 aliphatic rings. The Morgan fingerprint density at radius 3 is 3.11 bits per heavy atom. The van der Waals surface area contributed by atoms with E-state index >= 15 is 0 Å². The van der Waals surface area contributed by atoms with Crippen molar-refractivity contribution >= 4 is 22.0 Å². The minimum atomic E-state index is -0.712. The van der Waals surface area contributed by atoms with Crippen molar-refractivity contribution in [2.45, 2.75) is 25.3 Å². The highest BCUT2D eigenvalue weighted by molar-refractivity contribution is 9.10. The van der Waals surface area contributed by atoms with E-state index in [1.165, 1.54) is 11.1 Å². The summed E-state index contributed by atoms with van der Waals surface area (Å²) in [5.41, 5.74) is 7.72. The summed E-state index contributed by atoms with van der Waals surface area (Å²) in [4.78, 5) is 10.4. The summed E-state index contributed by atoms with van der Waals surface area (Å²) in [5.74, 6) is 0. The fourth-order valence-corrected chi connectivity index (χ4v) is 2.72. The maximum atomic E-state index is 10.4. The second-order valence-corrected chi connectivity index (χ2v) is 5.39. The van der Waals surface area contributed by atoms with Gasteiger partial charge in [0.15, 0.2) is 0 Å². The summed E-state index contributed by atoms with van der Waals surface area (Å²) < 4.78 is 5.83. The molecule has 1 amide bonds. The van der Waals surface area contributed by atoms with Crippen LogP contribution in [0.3, 0.4) is 0 Å². The van der Waals surface area contributed by atoms with Gasteiger partial charge in [-0.2, -0.15) is 0 Å². The first kappa shape index (κ1) is 13.4. The first-order valence-corrected chi connectivity index (χ1v) is 6.87. The second-order valence-electron chi connectivity index (χ2n) is 4.47. The van der Waals surface area contributed by atoms with Crippen molar-refractivity contribution in [1.29, 1.82) is 0 Å². The third-order valence-electron chi connectivity index (χ3n) is 3.18. The van der Waals surface area contributed by atoms with Crippen molar-refractivity contribution < 1.29 is 9.53 Å². The van der Waals surface area contributed by atoms with Gasteiger partial charge in [-0.05, 0) is 42.5 Å². The minimum absolute atomic E-state index is 0.332. The number of benzene rings is 1. The molecule has 0 bridgehead atoms. The Morgan fingerprint density at radius 2 is 2.33 bits per heavy atom. The first-order valence-electron chi connectivity index (χ1n) is 6.08. The predicted octanol–water partition coefficient (Wildman–Crippen LogP) is 1.99. The molecule has 5 heteroatoms. The van der Waals surface area contributed by atoms with E-state index in [4.69, 9.17) is 5.73 Å². The molecule has 1 aromatic carbocycles. The summed E-state index contributed by atoms with van der Waals surface area (Å²) in [6, 6.07) is 6.90. The summed E-state index contributed by atoms with van der Waals surface area (Å²) >= 11 is 3.49. The highest BCUT2D eigenvalue weighted by atomic mass is 79.9. The quantitative estimate of drug-likeness (QED) is 0.836. The molecular weight excluding hydrogens is 296 g/mol. The van der Waals surface area contributed by atoms with Crippen molar-refractivity contribution in [2.75, 3.05) is 13.2 Å². The summed E-state index contributed by atoms with van der Waals surface area (Å²) in [7, 11) is 0. The van der Waals surface area contributed by atoms with Crippen LogP contribution in [0.4, 0.5) is 4.79 Å². The molecule has 4 nitrogen and oxygen atoms in total. The number of hydrogen-bond acceptors (Lipinski definition) is 3. The molecule has 0 saturated carbocycles. The molecule has 1 aromatic rings. The number of carbonyl (C=O) groups excluding carboxylic acids is 1. The van der Waals surface area contributed by atoms with Gasteiger partial charge in [0.25, 0.3) is 0 Å². The van der Waals surface area contributed by atoms with E-state index in [0.29, 0.717) is 19.2 Å². The SMILES string of the molecule is NC(=O)OCCNC1CCc2cc(Br)ccc2C1. The Bertz CT molecular complexity index is 437. The van der Waals surface area contributed by atoms with Gasteiger partial charge in [-0.3, -0.25) is 0 Å². The van der Waals surface area contributed by atoms with Crippen LogP contribution in [0.2, 0.25) is 0 Å². The Hall–Kier alpha value is -1.07. The monoisotopic (exact) mass is 312 g/mol. The van der Waals surface area contributed by atoms with Crippen molar-refractivity contribution in [3.63, 3.8) is 0 Å². The number of rotatable bonds is 4. The fourth-order valence-electron chi connectivity index (χ4n) is 2.31. The second kappa shape index (κ2) is 6.20. The zero-order valence-electron chi connectivity index (χ0n) is 10.1. The van der Waals surface area contributed by atoms with E-state index in [1.54, 1.807) is 0 Å². The van der Waals surface area contributed by atoms with Crippen LogP contribution in [0.25, 0.3) is 0 Å². The number of ether oxygens (including phenoxy) is 1. The molecule has 0 spiro atoms. The molecule has 98 valence electrons. The number of halogens is 1. The maximum absolute atomic E-state index is 10.4. The molecule has 0 radical (unpaired) electrons. The first-order chi connectivity index (χ1) is 8.65. The minimum Gasteiger partial charge on any atom is -0.448 e. The third kappa shape index (κ3) is 3.71. The van der Waals surface area contributed by atoms with Crippen LogP contribution in [0.5, 0.6) is 0 Å². The normalized spacial score (nSPS) is 18.2. The summed E-state index contributed by atoms with van der Waals surface area (Å²) in [6.45, 7) is 0.985. The van der Waals surface area contributed by atoms with Crippen LogP contribution < -0.4 is 11.1 Å². The van der Waals surface area contributed by atoms with Crippen LogP contribution in [-0.4, -0.2) is 25.3 Å². The molecule has 0 heterocycles. The standard InChI is InChI=1S/C13H17BrN2O2/c14-11-3-1-10-8-12(4-2-9(10)7-11)16-5-6-18-13(15)17/h1,3,7,12,16H,2,4-6,8H2,(H2,15,17). The molecule has 0 fully saturated rings. The summed E-state index contributed by atoms with van der Waals surface area (Å²) in [6.07, 6.45) is 2.51. The van der Waals surface area contributed by atoms with Gasteiger partial charge >= 0.3 is 6.09 Å². The number of carbonyl (C=O) groups is 1. The summed E-state index contributed by atoms with van der Waals surface area (Å²) in [5, 5.41) is 3.39. The third-order valence-corrected chi connectivity index (χ3v) is 3.67. The Kier molecular flexibility index (Phi) is 4.60. The van der Waals surface area contributed by atoms with Gasteiger partial charge in [0.1, 0.15) is 6.61 Å². The van der Waals surface area contributed by atoms with Gasteiger partial charge in [-0.15, -0.1) is 0 Å². The topological polar surface area (TPSA) is 64.4 Å². The number of hydrogen-bond donors (Lipinski definition) is 2.